The van der Waals surface area contributed by atoms with E-state index in [1.54, 1.807) is 11.7 Å². The van der Waals surface area contributed by atoms with Gasteiger partial charge in [-0.15, -0.1) is 0 Å². The summed E-state index contributed by atoms with van der Waals surface area (Å²) in [5, 5.41) is 4.55. The fourth-order valence-electron chi connectivity index (χ4n) is 4.36. The van der Waals surface area contributed by atoms with Gasteiger partial charge in [-0.3, -0.25) is 23.4 Å². The van der Waals surface area contributed by atoms with Gasteiger partial charge >= 0.3 is 5.69 Å². The summed E-state index contributed by atoms with van der Waals surface area (Å²) >= 11 is 0. The number of hydrogen-bond donors (Lipinski definition) is 0. The number of aromatic nitrogens is 6. The van der Waals surface area contributed by atoms with Gasteiger partial charge in [0.1, 0.15) is 6.54 Å². The van der Waals surface area contributed by atoms with E-state index in [4.69, 9.17) is 0 Å². The maximum absolute atomic E-state index is 13.0. The second kappa shape index (κ2) is 7.97. The van der Waals surface area contributed by atoms with Crippen molar-refractivity contribution in [3.63, 3.8) is 0 Å². The van der Waals surface area contributed by atoms with E-state index in [1.165, 1.54) is 34.5 Å². The molecule has 4 heterocycles. The van der Waals surface area contributed by atoms with Crippen LogP contribution in [-0.4, -0.2) is 66.2 Å². The molecule has 1 atom stereocenters. The molecule has 1 aliphatic heterocycles. The first-order chi connectivity index (χ1) is 15.4. The number of aryl methyl sites for hydroxylation is 2. The van der Waals surface area contributed by atoms with Crippen LogP contribution in [0, 0.1) is 13.8 Å². The van der Waals surface area contributed by atoms with E-state index < -0.39 is 21.1 Å². The second-order valence-electron chi connectivity index (χ2n) is 8.65. The van der Waals surface area contributed by atoms with Crippen LogP contribution in [0.4, 0.5) is 0 Å². The SMILES string of the molecule is Cc1nn(C2CCS(=O)(=O)C2)c(C)c1CN(C)C(=O)Cn1cnc2c1c(=O)n(C)c(=O)n2C. The molecule has 1 aliphatic rings. The van der Waals surface area contributed by atoms with E-state index in [9.17, 15) is 22.8 Å². The molecule has 33 heavy (non-hydrogen) atoms. The molecule has 0 bridgehead atoms. The van der Waals surface area contributed by atoms with Gasteiger partial charge in [-0.1, -0.05) is 0 Å². The highest BCUT2D eigenvalue weighted by atomic mass is 32.2. The number of sulfone groups is 1. The van der Waals surface area contributed by atoms with Gasteiger partial charge in [-0.2, -0.15) is 5.10 Å². The Labute approximate surface area is 190 Å². The molecular weight excluding hydrogens is 450 g/mol. The highest BCUT2D eigenvalue weighted by Gasteiger charge is 2.31. The Bertz CT molecular complexity index is 1490. The maximum Gasteiger partial charge on any atom is 0.332 e. The first-order valence-electron chi connectivity index (χ1n) is 10.5. The lowest BCUT2D eigenvalue weighted by molar-refractivity contribution is -0.131. The number of fused-ring (bicyclic) bond motifs is 1. The Morgan fingerprint density at radius 1 is 1.21 bits per heavy atom. The maximum atomic E-state index is 13.0. The molecule has 3 aromatic rings. The molecule has 1 amide bonds. The number of likely N-dealkylation sites (N-methyl/N-ethyl adjacent to an activating group) is 1. The molecule has 12 nitrogen and oxygen atoms in total. The van der Waals surface area contributed by atoms with Crippen molar-refractivity contribution in [3.8, 4) is 0 Å². The van der Waals surface area contributed by atoms with Gasteiger partial charge in [0.15, 0.2) is 21.0 Å². The fraction of sp³-hybridized carbons (Fsp3) is 0.550. The molecule has 0 spiro atoms. The minimum absolute atomic E-state index is 0.0777. The topological polar surface area (TPSA) is 134 Å². The van der Waals surface area contributed by atoms with E-state index in [0.29, 0.717) is 13.0 Å². The van der Waals surface area contributed by atoms with Crippen LogP contribution in [-0.2, 0) is 41.8 Å². The average molecular weight is 478 g/mol. The molecule has 0 N–H and O–H groups in total. The summed E-state index contributed by atoms with van der Waals surface area (Å²) in [6.07, 6.45) is 1.91. The van der Waals surface area contributed by atoms with Crippen LogP contribution in [0.25, 0.3) is 11.2 Å². The van der Waals surface area contributed by atoms with Crippen molar-refractivity contribution >= 4 is 26.9 Å². The van der Waals surface area contributed by atoms with Gasteiger partial charge in [0.2, 0.25) is 5.91 Å². The molecule has 1 unspecified atom stereocenters. The molecule has 0 radical (unpaired) electrons. The van der Waals surface area contributed by atoms with Crippen molar-refractivity contribution in [2.24, 2.45) is 14.1 Å². The van der Waals surface area contributed by atoms with E-state index in [-0.39, 0.29) is 41.2 Å². The zero-order valence-electron chi connectivity index (χ0n) is 19.3. The highest BCUT2D eigenvalue weighted by molar-refractivity contribution is 7.91. The van der Waals surface area contributed by atoms with Gasteiger partial charge in [-0.05, 0) is 20.3 Å². The van der Waals surface area contributed by atoms with Crippen molar-refractivity contribution in [3.05, 3.63) is 44.1 Å². The van der Waals surface area contributed by atoms with Gasteiger partial charge in [0, 0.05) is 38.9 Å². The van der Waals surface area contributed by atoms with Crippen LogP contribution in [0.5, 0.6) is 0 Å². The number of amides is 1. The van der Waals surface area contributed by atoms with E-state index >= 15 is 0 Å². The third-order valence-corrected chi connectivity index (χ3v) is 8.12. The summed E-state index contributed by atoms with van der Waals surface area (Å²) in [7, 11) is 1.52. The number of rotatable bonds is 5. The first-order valence-corrected chi connectivity index (χ1v) is 12.3. The largest absolute Gasteiger partial charge is 0.340 e. The van der Waals surface area contributed by atoms with Crippen LogP contribution < -0.4 is 11.2 Å². The lowest BCUT2D eigenvalue weighted by atomic mass is 10.1. The van der Waals surface area contributed by atoms with E-state index in [1.807, 2.05) is 13.8 Å². The summed E-state index contributed by atoms with van der Waals surface area (Å²) in [6, 6.07) is -0.191. The summed E-state index contributed by atoms with van der Waals surface area (Å²) in [6.45, 7) is 3.90. The van der Waals surface area contributed by atoms with Crippen molar-refractivity contribution in [2.45, 2.75) is 39.4 Å². The Hall–Kier alpha value is -3.22. The van der Waals surface area contributed by atoms with Gasteiger partial charge in [0.25, 0.3) is 5.56 Å². The monoisotopic (exact) mass is 477 g/mol. The van der Waals surface area contributed by atoms with Crippen LogP contribution in [0.15, 0.2) is 15.9 Å². The molecule has 0 saturated carbocycles. The normalized spacial score (nSPS) is 17.7. The molecule has 0 aliphatic carbocycles. The molecule has 4 rings (SSSR count). The predicted molar refractivity (Wildman–Crippen MR) is 121 cm³/mol. The van der Waals surface area contributed by atoms with E-state index in [2.05, 4.69) is 10.1 Å². The van der Waals surface area contributed by atoms with Crippen molar-refractivity contribution in [1.82, 2.24) is 33.4 Å². The molecule has 178 valence electrons. The molecule has 13 heteroatoms. The first kappa shape index (κ1) is 23.0. The number of carbonyl (C=O) groups excluding carboxylic acids is 1. The Balaban J connectivity index is 1.56. The van der Waals surface area contributed by atoms with Crippen LogP contribution in [0.3, 0.4) is 0 Å². The van der Waals surface area contributed by atoms with Crippen LogP contribution in [0.2, 0.25) is 0 Å². The Kier molecular flexibility index (Phi) is 5.55. The zero-order valence-corrected chi connectivity index (χ0v) is 20.1. The highest BCUT2D eigenvalue weighted by Crippen LogP contribution is 2.27. The molecular formula is C20H27N7O5S. The summed E-state index contributed by atoms with van der Waals surface area (Å²) in [4.78, 5) is 43.4. The Morgan fingerprint density at radius 3 is 2.55 bits per heavy atom. The summed E-state index contributed by atoms with van der Waals surface area (Å²) in [5.74, 6) is -0.0117. The third kappa shape index (κ3) is 3.90. The molecule has 0 aromatic carbocycles. The van der Waals surface area contributed by atoms with Gasteiger partial charge < -0.3 is 9.47 Å². The molecule has 3 aromatic heterocycles. The predicted octanol–water partition coefficient (Wildman–Crippen LogP) is -0.735. The third-order valence-electron chi connectivity index (χ3n) is 6.37. The average Bonchev–Trinajstić information content (AvgIpc) is 3.41. The quantitative estimate of drug-likeness (QED) is 0.473. The smallest absolute Gasteiger partial charge is 0.332 e. The minimum Gasteiger partial charge on any atom is -0.340 e. The number of hydrogen-bond acceptors (Lipinski definition) is 7. The number of imidazole rings is 1. The molecule has 1 saturated heterocycles. The van der Waals surface area contributed by atoms with Crippen molar-refractivity contribution in [2.75, 3.05) is 18.6 Å². The Morgan fingerprint density at radius 2 is 1.91 bits per heavy atom. The van der Waals surface area contributed by atoms with Crippen molar-refractivity contribution in [1.29, 1.82) is 0 Å². The van der Waals surface area contributed by atoms with Crippen LogP contribution in [0.1, 0.15) is 29.4 Å². The van der Waals surface area contributed by atoms with Gasteiger partial charge in [-0.25, -0.2) is 18.2 Å². The summed E-state index contributed by atoms with van der Waals surface area (Å²) < 4.78 is 29.2. The summed E-state index contributed by atoms with van der Waals surface area (Å²) in [5.41, 5.74) is 1.85. The lowest BCUT2D eigenvalue weighted by Gasteiger charge is -2.18. The zero-order chi connectivity index (χ0) is 24.2. The molecule has 1 fully saturated rings. The number of carbonyl (C=O) groups is 1. The van der Waals surface area contributed by atoms with Crippen molar-refractivity contribution < 1.29 is 13.2 Å². The minimum atomic E-state index is -3.04. The second-order valence-corrected chi connectivity index (χ2v) is 10.9. The fourth-order valence-corrected chi connectivity index (χ4v) is 6.05. The lowest BCUT2D eigenvalue weighted by Crippen LogP contribution is -2.38. The van der Waals surface area contributed by atoms with E-state index in [0.717, 1.165) is 21.5 Å². The standard InChI is InChI=1S/C20H27N7O5S/c1-12-15(13(2)27(22-12)14-6-7-33(31,32)10-14)8-23(3)16(28)9-26-11-21-18-17(26)19(29)25(5)20(30)24(18)4/h11,14H,6-10H2,1-5H3. The number of nitrogens with zero attached hydrogens (tertiary/aromatic N) is 7. The van der Waals surface area contributed by atoms with Gasteiger partial charge in [0.05, 0.1) is 29.6 Å². The van der Waals surface area contributed by atoms with Crippen LogP contribution >= 0.6 is 0 Å².